The third kappa shape index (κ3) is 2.34. The van der Waals surface area contributed by atoms with Crippen molar-refractivity contribution < 1.29 is 14.6 Å². The molecule has 0 aromatic rings. The first kappa shape index (κ1) is 9.26. The Morgan fingerprint density at radius 3 is 2.92 bits per heavy atom. The lowest BCUT2D eigenvalue weighted by Gasteiger charge is -2.15. The number of hydrogen-bond donors (Lipinski definition) is 1. The highest BCUT2D eigenvalue weighted by molar-refractivity contribution is 5.74. The van der Waals surface area contributed by atoms with Crippen LogP contribution in [-0.4, -0.2) is 24.3 Å². The predicted octanol–water partition coefficient (Wildman–Crippen LogP) is 1.02. The van der Waals surface area contributed by atoms with Crippen molar-refractivity contribution in [3.63, 3.8) is 0 Å². The lowest BCUT2D eigenvalue weighted by Crippen LogP contribution is -2.21. The van der Waals surface area contributed by atoms with Crippen molar-refractivity contribution in [2.45, 2.75) is 31.8 Å². The number of allylic oxidation sites excluding steroid dienone is 2. The first-order chi connectivity index (χ1) is 5.74. The molecule has 0 saturated carbocycles. The van der Waals surface area contributed by atoms with Crippen LogP contribution in [0.25, 0.3) is 0 Å². The molecule has 0 amide bonds. The van der Waals surface area contributed by atoms with Crippen LogP contribution in [0.5, 0.6) is 0 Å². The lowest BCUT2D eigenvalue weighted by atomic mass is 9.93. The van der Waals surface area contributed by atoms with E-state index in [0.29, 0.717) is 6.42 Å². The number of esters is 1. The molecule has 0 bridgehead atoms. The van der Waals surface area contributed by atoms with E-state index in [4.69, 9.17) is 0 Å². The van der Waals surface area contributed by atoms with Gasteiger partial charge in [0.1, 0.15) is 0 Å². The van der Waals surface area contributed by atoms with Crippen LogP contribution in [0.15, 0.2) is 11.6 Å². The van der Waals surface area contributed by atoms with Gasteiger partial charge in [0.15, 0.2) is 6.10 Å². The standard InChI is InChI=1S/C9H14O3/c1-12-9(11)8(10)6-5-7-3-2-4-7/h3,8,10H,2,4-6H2,1H3. The number of aliphatic hydroxyl groups excluding tert-OH is 1. The first-order valence-electron chi connectivity index (χ1n) is 4.18. The summed E-state index contributed by atoms with van der Waals surface area (Å²) in [5, 5.41) is 9.18. The van der Waals surface area contributed by atoms with Crippen LogP contribution in [0, 0.1) is 0 Å². The summed E-state index contributed by atoms with van der Waals surface area (Å²) in [6.45, 7) is 0. The molecule has 3 nitrogen and oxygen atoms in total. The van der Waals surface area contributed by atoms with Crippen LogP contribution >= 0.6 is 0 Å². The fraction of sp³-hybridized carbons (Fsp3) is 0.667. The Kier molecular flexibility index (Phi) is 3.29. The molecule has 1 aliphatic carbocycles. The van der Waals surface area contributed by atoms with E-state index >= 15 is 0 Å². The summed E-state index contributed by atoms with van der Waals surface area (Å²) in [5.74, 6) is -0.532. The van der Waals surface area contributed by atoms with Crippen molar-refractivity contribution in [1.82, 2.24) is 0 Å². The zero-order chi connectivity index (χ0) is 8.97. The van der Waals surface area contributed by atoms with Gasteiger partial charge in [-0.15, -0.1) is 0 Å². The molecular weight excluding hydrogens is 156 g/mol. The zero-order valence-electron chi connectivity index (χ0n) is 7.25. The number of methoxy groups -OCH3 is 1. The van der Waals surface area contributed by atoms with Gasteiger partial charge in [-0.05, 0) is 25.7 Å². The normalized spacial score (nSPS) is 17.7. The molecule has 0 spiro atoms. The topological polar surface area (TPSA) is 46.5 Å². The lowest BCUT2D eigenvalue weighted by molar-refractivity contribution is -0.150. The summed E-state index contributed by atoms with van der Waals surface area (Å²) in [6.07, 6.45) is 4.76. The van der Waals surface area contributed by atoms with Crippen molar-refractivity contribution >= 4 is 5.97 Å². The van der Waals surface area contributed by atoms with Crippen LogP contribution in [-0.2, 0) is 9.53 Å². The Balaban J connectivity index is 2.17. The van der Waals surface area contributed by atoms with Crippen LogP contribution in [0.1, 0.15) is 25.7 Å². The Hall–Kier alpha value is -0.830. The highest BCUT2D eigenvalue weighted by atomic mass is 16.5. The van der Waals surface area contributed by atoms with Gasteiger partial charge in [0.2, 0.25) is 0 Å². The molecule has 3 heteroatoms. The minimum Gasteiger partial charge on any atom is -0.467 e. The van der Waals surface area contributed by atoms with Crippen molar-refractivity contribution in [1.29, 1.82) is 0 Å². The summed E-state index contributed by atoms with van der Waals surface area (Å²) in [4.78, 5) is 10.7. The SMILES string of the molecule is COC(=O)C(O)CCC1=CCC1. The second-order valence-electron chi connectivity index (χ2n) is 2.98. The van der Waals surface area contributed by atoms with E-state index in [0.717, 1.165) is 19.3 Å². The molecule has 1 atom stereocenters. The molecule has 1 unspecified atom stereocenters. The minimum absolute atomic E-state index is 0.485. The average molecular weight is 170 g/mol. The second kappa shape index (κ2) is 4.26. The van der Waals surface area contributed by atoms with Gasteiger partial charge in [0.05, 0.1) is 7.11 Å². The molecule has 1 aliphatic rings. The van der Waals surface area contributed by atoms with Crippen LogP contribution in [0.4, 0.5) is 0 Å². The van der Waals surface area contributed by atoms with Gasteiger partial charge in [-0.1, -0.05) is 11.6 Å². The van der Waals surface area contributed by atoms with Gasteiger partial charge < -0.3 is 9.84 Å². The highest BCUT2D eigenvalue weighted by Crippen LogP contribution is 2.23. The van der Waals surface area contributed by atoms with Crippen molar-refractivity contribution in [2.75, 3.05) is 7.11 Å². The van der Waals surface area contributed by atoms with E-state index in [9.17, 15) is 9.90 Å². The zero-order valence-corrected chi connectivity index (χ0v) is 7.25. The van der Waals surface area contributed by atoms with Crippen molar-refractivity contribution in [2.24, 2.45) is 0 Å². The summed E-state index contributed by atoms with van der Waals surface area (Å²) in [7, 11) is 1.29. The third-order valence-corrected chi connectivity index (χ3v) is 2.11. The van der Waals surface area contributed by atoms with E-state index in [2.05, 4.69) is 10.8 Å². The van der Waals surface area contributed by atoms with E-state index < -0.39 is 12.1 Å². The molecule has 0 aromatic heterocycles. The second-order valence-corrected chi connectivity index (χ2v) is 2.98. The molecule has 0 aromatic carbocycles. The van der Waals surface area contributed by atoms with E-state index in [-0.39, 0.29) is 0 Å². The van der Waals surface area contributed by atoms with E-state index in [1.54, 1.807) is 0 Å². The number of aliphatic hydroxyl groups is 1. The fourth-order valence-electron chi connectivity index (χ4n) is 1.15. The Morgan fingerprint density at radius 2 is 2.50 bits per heavy atom. The van der Waals surface area contributed by atoms with Gasteiger partial charge in [0, 0.05) is 0 Å². The molecule has 1 rings (SSSR count). The Morgan fingerprint density at radius 1 is 1.83 bits per heavy atom. The minimum atomic E-state index is -0.948. The largest absolute Gasteiger partial charge is 0.467 e. The maximum absolute atomic E-state index is 10.7. The monoisotopic (exact) mass is 170 g/mol. The van der Waals surface area contributed by atoms with Crippen molar-refractivity contribution in [3.05, 3.63) is 11.6 Å². The average Bonchev–Trinajstić information content (AvgIpc) is 2.00. The molecule has 0 heterocycles. The first-order valence-corrected chi connectivity index (χ1v) is 4.18. The van der Waals surface area contributed by atoms with E-state index in [1.807, 2.05) is 0 Å². The van der Waals surface area contributed by atoms with Crippen molar-refractivity contribution in [3.8, 4) is 0 Å². The molecule has 12 heavy (non-hydrogen) atoms. The summed E-state index contributed by atoms with van der Waals surface area (Å²) >= 11 is 0. The molecule has 1 N–H and O–H groups in total. The van der Waals surface area contributed by atoms with Crippen LogP contribution < -0.4 is 0 Å². The van der Waals surface area contributed by atoms with Crippen LogP contribution in [0.3, 0.4) is 0 Å². The van der Waals surface area contributed by atoms with Gasteiger partial charge in [-0.2, -0.15) is 0 Å². The fourth-order valence-corrected chi connectivity index (χ4v) is 1.15. The highest BCUT2D eigenvalue weighted by Gasteiger charge is 2.16. The van der Waals surface area contributed by atoms with E-state index in [1.165, 1.54) is 12.7 Å². The van der Waals surface area contributed by atoms with Gasteiger partial charge in [-0.25, -0.2) is 4.79 Å². The Bertz CT molecular complexity index is 196. The molecule has 0 aliphatic heterocycles. The maximum atomic E-state index is 10.7. The summed E-state index contributed by atoms with van der Waals surface area (Å²) in [6, 6.07) is 0. The number of ether oxygens (including phenoxy) is 1. The molecule has 0 fully saturated rings. The molecule has 0 saturated heterocycles. The molecule has 68 valence electrons. The summed E-state index contributed by atoms with van der Waals surface area (Å²) < 4.78 is 4.39. The van der Waals surface area contributed by atoms with Gasteiger partial charge >= 0.3 is 5.97 Å². The number of carbonyl (C=O) groups excluding carboxylic acids is 1. The number of hydrogen-bond acceptors (Lipinski definition) is 3. The molecule has 0 radical (unpaired) electrons. The maximum Gasteiger partial charge on any atom is 0.334 e. The van der Waals surface area contributed by atoms with Gasteiger partial charge in [-0.3, -0.25) is 0 Å². The third-order valence-electron chi connectivity index (χ3n) is 2.11. The summed E-state index contributed by atoms with van der Waals surface area (Å²) in [5.41, 5.74) is 1.35. The number of carbonyl (C=O) groups is 1. The predicted molar refractivity (Wildman–Crippen MR) is 44.6 cm³/mol. The Labute approximate surface area is 72.0 Å². The quantitative estimate of drug-likeness (QED) is 0.506. The smallest absolute Gasteiger partial charge is 0.334 e. The van der Waals surface area contributed by atoms with Crippen LogP contribution in [0.2, 0.25) is 0 Å². The van der Waals surface area contributed by atoms with Gasteiger partial charge in [0.25, 0.3) is 0 Å². The molecular formula is C9H14O3. The number of rotatable bonds is 4.